The Morgan fingerprint density at radius 2 is 1.81 bits per heavy atom. The summed E-state index contributed by atoms with van der Waals surface area (Å²) in [6.07, 6.45) is 1.30. The number of hydrogen-bond donors (Lipinski definition) is 3. The number of amides is 1. The highest BCUT2D eigenvalue weighted by Crippen LogP contribution is 2.29. The minimum Gasteiger partial charge on any atom is -0.507 e. The Balaban J connectivity index is 1.65. The number of fused-ring (bicyclic) bond motifs is 1. The molecule has 0 saturated carbocycles. The van der Waals surface area contributed by atoms with Gasteiger partial charge in [-0.2, -0.15) is 5.10 Å². The number of nitrogens with zero attached hydrogens (tertiary/aromatic N) is 1. The molecule has 0 bridgehead atoms. The normalized spacial score (nSPS) is 11.5. The van der Waals surface area contributed by atoms with Crippen LogP contribution in [0.4, 0.5) is 0 Å². The zero-order valence-electron chi connectivity index (χ0n) is 16.8. The lowest BCUT2D eigenvalue weighted by Crippen LogP contribution is -2.34. The predicted octanol–water partition coefficient (Wildman–Crippen LogP) is 1.99. The van der Waals surface area contributed by atoms with E-state index >= 15 is 0 Å². The summed E-state index contributed by atoms with van der Waals surface area (Å²) < 4.78 is 37.2. The zero-order chi connectivity index (χ0) is 22.4. The molecule has 3 aromatic carbocycles. The molecular weight excluding hydrogens is 422 g/mol. The first-order valence-electron chi connectivity index (χ1n) is 9.10. The van der Waals surface area contributed by atoms with E-state index in [1.165, 1.54) is 44.7 Å². The number of hydrazone groups is 1. The first-order chi connectivity index (χ1) is 14.9. The highest BCUT2D eigenvalue weighted by atomic mass is 32.2. The van der Waals surface area contributed by atoms with Gasteiger partial charge >= 0.3 is 0 Å². The van der Waals surface area contributed by atoms with Crippen molar-refractivity contribution in [2.45, 2.75) is 4.90 Å². The van der Waals surface area contributed by atoms with E-state index < -0.39 is 22.5 Å². The Labute approximate surface area is 179 Å². The van der Waals surface area contributed by atoms with E-state index in [9.17, 15) is 18.3 Å². The average Bonchev–Trinajstić information content (AvgIpc) is 2.78. The second-order valence-corrected chi connectivity index (χ2v) is 8.12. The Morgan fingerprint density at radius 1 is 1.06 bits per heavy atom. The van der Waals surface area contributed by atoms with Gasteiger partial charge in [-0.05, 0) is 29.0 Å². The molecule has 3 aromatic rings. The van der Waals surface area contributed by atoms with Crippen molar-refractivity contribution >= 4 is 32.9 Å². The van der Waals surface area contributed by atoms with Gasteiger partial charge in [-0.1, -0.05) is 30.3 Å². The summed E-state index contributed by atoms with van der Waals surface area (Å²) in [6.45, 7) is -0.532. The molecule has 0 atom stereocenters. The highest BCUT2D eigenvalue weighted by Gasteiger charge is 2.18. The van der Waals surface area contributed by atoms with Crippen molar-refractivity contribution in [3.05, 3.63) is 60.2 Å². The average molecular weight is 443 g/mol. The maximum absolute atomic E-state index is 12.4. The molecule has 3 rings (SSSR count). The molecule has 0 aliphatic heterocycles. The first-order valence-corrected chi connectivity index (χ1v) is 10.6. The van der Waals surface area contributed by atoms with Crippen LogP contribution in [-0.4, -0.2) is 46.4 Å². The molecule has 0 spiro atoms. The minimum atomic E-state index is -3.96. The summed E-state index contributed by atoms with van der Waals surface area (Å²) in [6, 6.07) is 14.8. The second-order valence-electron chi connectivity index (χ2n) is 6.35. The van der Waals surface area contributed by atoms with Gasteiger partial charge in [0.05, 0.1) is 31.9 Å². The minimum absolute atomic E-state index is 0.00542. The molecule has 0 aliphatic carbocycles. The van der Waals surface area contributed by atoms with E-state index in [0.717, 1.165) is 10.8 Å². The van der Waals surface area contributed by atoms with Crippen LogP contribution in [0.15, 0.2) is 64.6 Å². The van der Waals surface area contributed by atoms with Crippen LogP contribution in [-0.2, 0) is 14.8 Å². The smallest absolute Gasteiger partial charge is 0.255 e. The number of carbonyl (C=O) groups excluding carboxylic acids is 1. The lowest BCUT2D eigenvalue weighted by molar-refractivity contribution is -0.119. The van der Waals surface area contributed by atoms with Crippen molar-refractivity contribution in [1.82, 2.24) is 10.1 Å². The van der Waals surface area contributed by atoms with Crippen molar-refractivity contribution in [1.29, 1.82) is 0 Å². The number of benzene rings is 3. The van der Waals surface area contributed by atoms with E-state index in [4.69, 9.17) is 9.47 Å². The summed E-state index contributed by atoms with van der Waals surface area (Å²) in [7, 11) is -1.14. The summed E-state index contributed by atoms with van der Waals surface area (Å²) in [4.78, 5) is 11.9. The number of hydrogen-bond acceptors (Lipinski definition) is 7. The van der Waals surface area contributed by atoms with Gasteiger partial charge in [-0.25, -0.2) is 18.6 Å². The Hall–Kier alpha value is -3.63. The monoisotopic (exact) mass is 443 g/mol. The van der Waals surface area contributed by atoms with Crippen LogP contribution in [0.3, 0.4) is 0 Å². The van der Waals surface area contributed by atoms with Gasteiger partial charge in [0.1, 0.15) is 5.75 Å². The van der Waals surface area contributed by atoms with Gasteiger partial charge in [0, 0.05) is 11.6 Å². The third kappa shape index (κ3) is 5.11. The van der Waals surface area contributed by atoms with Gasteiger partial charge in [-0.3, -0.25) is 4.79 Å². The lowest BCUT2D eigenvalue weighted by atomic mass is 10.0. The van der Waals surface area contributed by atoms with Crippen LogP contribution >= 0.6 is 0 Å². The number of phenolic OH excluding ortho intramolecular Hbond substituents is 1. The molecule has 0 fully saturated rings. The van der Waals surface area contributed by atoms with Gasteiger partial charge < -0.3 is 14.6 Å². The van der Waals surface area contributed by atoms with E-state index in [-0.39, 0.29) is 16.4 Å². The Bertz CT molecular complexity index is 1240. The molecular formula is C21H21N3O6S. The van der Waals surface area contributed by atoms with Crippen molar-refractivity contribution in [3.8, 4) is 17.2 Å². The molecule has 1 amide bonds. The number of ether oxygens (including phenoxy) is 2. The van der Waals surface area contributed by atoms with Crippen molar-refractivity contribution in [2.24, 2.45) is 5.10 Å². The predicted molar refractivity (Wildman–Crippen MR) is 116 cm³/mol. The molecule has 10 heteroatoms. The van der Waals surface area contributed by atoms with Crippen molar-refractivity contribution < 1.29 is 27.8 Å². The highest BCUT2D eigenvalue weighted by molar-refractivity contribution is 7.89. The third-order valence-electron chi connectivity index (χ3n) is 4.42. The molecule has 0 aromatic heterocycles. The molecule has 0 saturated heterocycles. The van der Waals surface area contributed by atoms with Crippen LogP contribution < -0.4 is 19.6 Å². The van der Waals surface area contributed by atoms with Crippen LogP contribution in [0.2, 0.25) is 0 Å². The fourth-order valence-corrected chi connectivity index (χ4v) is 3.85. The molecule has 9 nitrogen and oxygen atoms in total. The van der Waals surface area contributed by atoms with Crippen LogP contribution in [0.5, 0.6) is 17.2 Å². The summed E-state index contributed by atoms with van der Waals surface area (Å²) in [5.74, 6) is -0.0505. The quantitative estimate of drug-likeness (QED) is 0.361. The van der Waals surface area contributed by atoms with Crippen LogP contribution in [0.1, 0.15) is 5.56 Å². The van der Waals surface area contributed by atoms with E-state index in [0.29, 0.717) is 11.3 Å². The Kier molecular flexibility index (Phi) is 6.73. The summed E-state index contributed by atoms with van der Waals surface area (Å²) in [5.41, 5.74) is 2.67. The molecule has 31 heavy (non-hydrogen) atoms. The molecule has 0 unspecified atom stereocenters. The SMILES string of the molecule is COc1ccc(S(=O)(=O)NCC(=O)N/N=C\c2c(O)ccc3ccccc23)cc1OC. The largest absolute Gasteiger partial charge is 0.507 e. The number of phenols is 1. The molecule has 0 radical (unpaired) electrons. The molecule has 0 aliphatic rings. The van der Waals surface area contributed by atoms with E-state index in [1.54, 1.807) is 6.07 Å². The fraction of sp³-hybridized carbons (Fsp3) is 0.143. The number of aromatic hydroxyl groups is 1. The molecule has 0 heterocycles. The summed E-state index contributed by atoms with van der Waals surface area (Å²) in [5, 5.41) is 15.6. The molecule has 162 valence electrons. The van der Waals surface area contributed by atoms with Gasteiger partial charge in [-0.15, -0.1) is 0 Å². The van der Waals surface area contributed by atoms with Crippen molar-refractivity contribution in [3.63, 3.8) is 0 Å². The number of carbonyl (C=O) groups is 1. The van der Waals surface area contributed by atoms with E-state index in [1.807, 2.05) is 24.3 Å². The van der Waals surface area contributed by atoms with E-state index in [2.05, 4.69) is 15.2 Å². The topological polar surface area (TPSA) is 126 Å². The third-order valence-corrected chi connectivity index (χ3v) is 5.82. The number of sulfonamides is 1. The zero-order valence-corrected chi connectivity index (χ0v) is 17.6. The van der Waals surface area contributed by atoms with Gasteiger partial charge in [0.2, 0.25) is 10.0 Å². The van der Waals surface area contributed by atoms with Crippen molar-refractivity contribution in [2.75, 3.05) is 20.8 Å². The Morgan fingerprint density at radius 3 is 2.55 bits per heavy atom. The number of rotatable bonds is 8. The van der Waals surface area contributed by atoms with Gasteiger partial charge in [0.25, 0.3) is 5.91 Å². The maximum Gasteiger partial charge on any atom is 0.255 e. The maximum atomic E-state index is 12.4. The number of methoxy groups -OCH3 is 2. The fourth-order valence-electron chi connectivity index (χ4n) is 2.86. The second kappa shape index (κ2) is 9.45. The van der Waals surface area contributed by atoms with Crippen LogP contribution in [0.25, 0.3) is 10.8 Å². The standard InChI is InChI=1S/C21H21N3O6S/c1-29-19-10-8-15(11-20(19)30-2)31(27,28)23-13-21(26)24-22-12-17-16-6-4-3-5-14(16)7-9-18(17)25/h3-12,23,25H,13H2,1-2H3,(H,24,26)/b22-12-. The van der Waals surface area contributed by atoms with Crippen LogP contribution in [0, 0.1) is 0 Å². The summed E-state index contributed by atoms with van der Waals surface area (Å²) >= 11 is 0. The van der Waals surface area contributed by atoms with Gasteiger partial charge in [0.15, 0.2) is 11.5 Å². The molecule has 3 N–H and O–H groups in total. The lowest BCUT2D eigenvalue weighted by Gasteiger charge is -2.10. The first kappa shape index (κ1) is 22.1. The number of nitrogens with one attached hydrogen (secondary N) is 2.